The number of aliphatic imine (C=N–C) groups is 1. The maximum absolute atomic E-state index is 5.25. The topological polar surface area (TPSA) is 63.5 Å². The van der Waals surface area contributed by atoms with Crippen LogP contribution in [0.25, 0.3) is 0 Å². The fourth-order valence-electron chi connectivity index (χ4n) is 3.60. The summed E-state index contributed by atoms with van der Waals surface area (Å²) in [7, 11) is 1.69. The first-order valence-electron chi connectivity index (χ1n) is 11.4. The van der Waals surface area contributed by atoms with Gasteiger partial charge in [-0.2, -0.15) is 0 Å². The summed E-state index contributed by atoms with van der Waals surface area (Å²) in [4.78, 5) is 9.30. The van der Waals surface area contributed by atoms with Crippen LogP contribution in [0.5, 0.6) is 5.75 Å². The van der Waals surface area contributed by atoms with E-state index < -0.39 is 0 Å². The van der Waals surface area contributed by atoms with Crippen molar-refractivity contribution in [3.05, 3.63) is 83.9 Å². The van der Waals surface area contributed by atoms with Crippen molar-refractivity contribution in [2.75, 3.05) is 26.7 Å². The molecule has 0 amide bonds. The van der Waals surface area contributed by atoms with Crippen LogP contribution in [0.3, 0.4) is 0 Å². The molecule has 0 aliphatic rings. The van der Waals surface area contributed by atoms with Crippen molar-refractivity contribution in [1.82, 2.24) is 20.2 Å². The summed E-state index contributed by atoms with van der Waals surface area (Å²) >= 11 is 0. The van der Waals surface area contributed by atoms with Crippen LogP contribution in [0.1, 0.15) is 43.1 Å². The first-order chi connectivity index (χ1) is 15.7. The smallest absolute Gasteiger partial charge is 0.191 e. The van der Waals surface area contributed by atoms with Crippen LogP contribution in [0.2, 0.25) is 0 Å². The molecule has 0 spiro atoms. The number of imidazole rings is 1. The molecule has 0 saturated heterocycles. The van der Waals surface area contributed by atoms with E-state index in [2.05, 4.69) is 70.4 Å². The molecule has 1 unspecified atom stereocenters. The number of hydrogen-bond donors (Lipinski definition) is 2. The maximum Gasteiger partial charge on any atom is 0.191 e. The lowest BCUT2D eigenvalue weighted by Gasteiger charge is -2.14. The van der Waals surface area contributed by atoms with Crippen LogP contribution in [-0.2, 0) is 13.0 Å². The van der Waals surface area contributed by atoms with Gasteiger partial charge in [0, 0.05) is 45.0 Å². The first-order valence-corrected chi connectivity index (χ1v) is 11.4. The summed E-state index contributed by atoms with van der Waals surface area (Å²) in [5.74, 6) is 3.26. The number of aromatic nitrogens is 2. The van der Waals surface area contributed by atoms with Crippen LogP contribution in [-0.4, -0.2) is 42.3 Å². The van der Waals surface area contributed by atoms with Crippen LogP contribution >= 0.6 is 0 Å². The normalized spacial score (nSPS) is 12.4. The van der Waals surface area contributed by atoms with Crippen molar-refractivity contribution in [2.24, 2.45) is 4.99 Å². The van der Waals surface area contributed by atoms with E-state index in [1.807, 2.05) is 30.6 Å². The Hall–Kier alpha value is -3.28. The monoisotopic (exact) mass is 433 g/mol. The molecule has 170 valence electrons. The Bertz CT molecular complexity index is 950. The number of hydrogen-bond acceptors (Lipinski definition) is 3. The molecule has 0 fully saturated rings. The van der Waals surface area contributed by atoms with E-state index >= 15 is 0 Å². The molecule has 0 radical (unpaired) electrons. The Kier molecular flexibility index (Phi) is 9.17. The van der Waals surface area contributed by atoms with Gasteiger partial charge in [-0.25, -0.2) is 4.98 Å². The molecule has 0 aliphatic carbocycles. The number of nitrogens with one attached hydrogen (secondary N) is 2. The van der Waals surface area contributed by atoms with Gasteiger partial charge in [-0.05, 0) is 42.5 Å². The van der Waals surface area contributed by atoms with Gasteiger partial charge in [0.1, 0.15) is 11.6 Å². The predicted molar refractivity (Wildman–Crippen MR) is 131 cm³/mol. The maximum atomic E-state index is 5.25. The second kappa shape index (κ2) is 12.5. The van der Waals surface area contributed by atoms with Gasteiger partial charge in [0.2, 0.25) is 0 Å². The fraction of sp³-hybridized carbons (Fsp3) is 0.385. The lowest BCUT2D eigenvalue weighted by atomic mass is 9.98. The molecule has 6 heteroatoms. The van der Waals surface area contributed by atoms with E-state index in [0.717, 1.165) is 56.6 Å². The lowest BCUT2D eigenvalue weighted by Crippen LogP contribution is -2.38. The van der Waals surface area contributed by atoms with E-state index in [0.29, 0.717) is 5.92 Å². The molecule has 1 atom stereocenters. The van der Waals surface area contributed by atoms with E-state index in [9.17, 15) is 0 Å². The standard InChI is InChI=1S/C26H35N5O/c1-4-27-26(29-16-14-21(2)23-10-12-24(32-3)13-11-23)30-17-15-25-28-18-19-31(25)20-22-8-6-5-7-9-22/h5-13,18-19,21H,4,14-17,20H2,1-3H3,(H2,27,29,30). The summed E-state index contributed by atoms with van der Waals surface area (Å²) in [5, 5.41) is 6.79. The third kappa shape index (κ3) is 7.15. The number of guanidine groups is 1. The highest BCUT2D eigenvalue weighted by molar-refractivity contribution is 5.79. The summed E-state index contributed by atoms with van der Waals surface area (Å²) in [5.41, 5.74) is 2.59. The highest BCUT2D eigenvalue weighted by Gasteiger charge is 2.07. The van der Waals surface area contributed by atoms with Gasteiger partial charge in [0.05, 0.1) is 7.11 Å². The second-order valence-electron chi connectivity index (χ2n) is 7.86. The molecular weight excluding hydrogens is 398 g/mol. The molecule has 0 bridgehead atoms. The van der Waals surface area contributed by atoms with Crippen molar-refractivity contribution in [2.45, 2.75) is 39.2 Å². The number of methoxy groups -OCH3 is 1. The Labute approximate surface area is 191 Å². The van der Waals surface area contributed by atoms with Crippen LogP contribution < -0.4 is 15.4 Å². The van der Waals surface area contributed by atoms with Gasteiger partial charge in [0.25, 0.3) is 0 Å². The van der Waals surface area contributed by atoms with Gasteiger partial charge in [-0.15, -0.1) is 0 Å². The van der Waals surface area contributed by atoms with Gasteiger partial charge < -0.3 is 19.9 Å². The zero-order valence-electron chi connectivity index (χ0n) is 19.4. The Morgan fingerprint density at radius 2 is 1.88 bits per heavy atom. The summed E-state index contributed by atoms with van der Waals surface area (Å²) in [6.45, 7) is 7.56. The highest BCUT2D eigenvalue weighted by Crippen LogP contribution is 2.21. The molecule has 3 rings (SSSR count). The van der Waals surface area contributed by atoms with Gasteiger partial charge >= 0.3 is 0 Å². The van der Waals surface area contributed by atoms with Crippen molar-refractivity contribution in [1.29, 1.82) is 0 Å². The summed E-state index contributed by atoms with van der Waals surface area (Å²) < 4.78 is 7.45. The summed E-state index contributed by atoms with van der Waals surface area (Å²) in [6, 6.07) is 18.8. The van der Waals surface area contributed by atoms with E-state index in [-0.39, 0.29) is 0 Å². The molecule has 0 aliphatic heterocycles. The zero-order valence-corrected chi connectivity index (χ0v) is 19.4. The zero-order chi connectivity index (χ0) is 22.6. The average molecular weight is 434 g/mol. The molecule has 1 heterocycles. The Morgan fingerprint density at radius 3 is 2.59 bits per heavy atom. The minimum atomic E-state index is 0.443. The molecule has 32 heavy (non-hydrogen) atoms. The molecule has 0 saturated carbocycles. The molecule has 2 aromatic carbocycles. The van der Waals surface area contributed by atoms with Gasteiger partial charge in [-0.1, -0.05) is 49.4 Å². The minimum Gasteiger partial charge on any atom is -0.497 e. The quantitative estimate of drug-likeness (QED) is 0.351. The minimum absolute atomic E-state index is 0.443. The summed E-state index contributed by atoms with van der Waals surface area (Å²) in [6.07, 6.45) is 5.75. The van der Waals surface area contributed by atoms with E-state index in [1.54, 1.807) is 7.11 Å². The second-order valence-corrected chi connectivity index (χ2v) is 7.86. The van der Waals surface area contributed by atoms with E-state index in [4.69, 9.17) is 9.73 Å². The third-order valence-electron chi connectivity index (χ3n) is 5.50. The SMILES string of the molecule is CCNC(=NCCC(C)c1ccc(OC)cc1)NCCc1nccn1Cc1ccccc1. The number of ether oxygens (including phenoxy) is 1. The Morgan fingerprint density at radius 1 is 1.09 bits per heavy atom. The Balaban J connectivity index is 1.48. The third-order valence-corrected chi connectivity index (χ3v) is 5.50. The number of rotatable bonds is 11. The molecule has 3 aromatic rings. The largest absolute Gasteiger partial charge is 0.497 e. The van der Waals surface area contributed by atoms with Crippen molar-refractivity contribution >= 4 is 5.96 Å². The van der Waals surface area contributed by atoms with Crippen LogP contribution in [0.4, 0.5) is 0 Å². The predicted octanol–water partition coefficient (Wildman–Crippen LogP) is 4.23. The molecular formula is C26H35N5O. The van der Waals surface area contributed by atoms with E-state index in [1.165, 1.54) is 11.1 Å². The van der Waals surface area contributed by atoms with Gasteiger partial charge in [-0.3, -0.25) is 4.99 Å². The van der Waals surface area contributed by atoms with Crippen molar-refractivity contribution in [3.63, 3.8) is 0 Å². The van der Waals surface area contributed by atoms with Crippen molar-refractivity contribution < 1.29 is 4.74 Å². The first kappa shape index (κ1) is 23.4. The number of nitrogens with zero attached hydrogens (tertiary/aromatic N) is 3. The van der Waals surface area contributed by atoms with Gasteiger partial charge in [0.15, 0.2) is 5.96 Å². The lowest BCUT2D eigenvalue weighted by molar-refractivity contribution is 0.414. The van der Waals surface area contributed by atoms with Crippen LogP contribution in [0.15, 0.2) is 72.0 Å². The highest BCUT2D eigenvalue weighted by atomic mass is 16.5. The van der Waals surface area contributed by atoms with Crippen molar-refractivity contribution in [3.8, 4) is 5.75 Å². The molecule has 2 N–H and O–H groups in total. The van der Waals surface area contributed by atoms with Crippen LogP contribution in [0, 0.1) is 0 Å². The average Bonchev–Trinajstić information content (AvgIpc) is 3.26. The number of benzene rings is 2. The molecule has 6 nitrogen and oxygen atoms in total. The fourth-order valence-corrected chi connectivity index (χ4v) is 3.60. The molecule has 1 aromatic heterocycles.